The van der Waals surface area contributed by atoms with Crippen LogP contribution in [0.1, 0.15) is 43.4 Å². The molecular weight excluding hydrogens is 234 g/mol. The summed E-state index contributed by atoms with van der Waals surface area (Å²) in [5, 5.41) is 4.67. The van der Waals surface area contributed by atoms with Gasteiger partial charge in [0.1, 0.15) is 0 Å². The zero-order chi connectivity index (χ0) is 13.2. The Bertz CT molecular complexity index is 555. The third-order valence-corrected chi connectivity index (χ3v) is 3.80. The highest BCUT2D eigenvalue weighted by atomic mass is 15.3. The quantitative estimate of drug-likeness (QED) is 0.892. The van der Waals surface area contributed by atoms with E-state index >= 15 is 0 Å². The fraction of sp³-hybridized carbons (Fsp3) is 0.438. The molecule has 2 aromatic rings. The van der Waals surface area contributed by atoms with Crippen molar-refractivity contribution in [2.24, 2.45) is 5.73 Å². The van der Waals surface area contributed by atoms with E-state index in [2.05, 4.69) is 48.6 Å². The molecular formula is C16H21N3. The first-order chi connectivity index (χ1) is 9.26. The highest BCUT2D eigenvalue weighted by Gasteiger charge is 2.25. The molecule has 1 aromatic heterocycles. The van der Waals surface area contributed by atoms with Gasteiger partial charge in [-0.1, -0.05) is 19.1 Å². The Morgan fingerprint density at radius 3 is 2.95 bits per heavy atom. The van der Waals surface area contributed by atoms with Crippen molar-refractivity contribution < 1.29 is 0 Å². The van der Waals surface area contributed by atoms with Crippen LogP contribution in [0.5, 0.6) is 0 Å². The van der Waals surface area contributed by atoms with Crippen molar-refractivity contribution in [2.45, 2.75) is 44.6 Å². The lowest BCUT2D eigenvalue weighted by atomic mass is 10.0. The van der Waals surface area contributed by atoms with E-state index in [9.17, 15) is 0 Å². The van der Waals surface area contributed by atoms with Crippen LogP contribution < -0.4 is 5.73 Å². The van der Waals surface area contributed by atoms with Gasteiger partial charge in [0, 0.05) is 18.2 Å². The number of hydrogen-bond acceptors (Lipinski definition) is 2. The standard InChI is InChI=1S/C16H21N3/c1-2-14(17)10-12-4-3-5-15(11-12)19-9-8-16(18-19)13-6-7-13/h3-5,8-9,11,13-14H,2,6-7,10,17H2,1H3. The summed E-state index contributed by atoms with van der Waals surface area (Å²) >= 11 is 0. The van der Waals surface area contributed by atoms with Crippen molar-refractivity contribution in [3.63, 3.8) is 0 Å². The van der Waals surface area contributed by atoms with E-state index in [-0.39, 0.29) is 6.04 Å². The maximum absolute atomic E-state index is 6.02. The number of aromatic nitrogens is 2. The number of nitrogens with two attached hydrogens (primary N) is 1. The van der Waals surface area contributed by atoms with Crippen LogP contribution in [0.3, 0.4) is 0 Å². The van der Waals surface area contributed by atoms with Gasteiger partial charge in [-0.05, 0) is 49.4 Å². The predicted octanol–water partition coefficient (Wildman–Crippen LogP) is 3.03. The van der Waals surface area contributed by atoms with Crippen molar-refractivity contribution in [2.75, 3.05) is 0 Å². The second-order valence-corrected chi connectivity index (χ2v) is 5.50. The molecule has 1 fully saturated rings. The van der Waals surface area contributed by atoms with E-state index < -0.39 is 0 Å². The van der Waals surface area contributed by atoms with Crippen LogP contribution in [-0.2, 0) is 6.42 Å². The van der Waals surface area contributed by atoms with Gasteiger partial charge >= 0.3 is 0 Å². The molecule has 1 aliphatic carbocycles. The average molecular weight is 255 g/mol. The molecule has 1 aromatic carbocycles. The third kappa shape index (κ3) is 2.87. The molecule has 0 radical (unpaired) electrons. The first-order valence-corrected chi connectivity index (χ1v) is 7.16. The van der Waals surface area contributed by atoms with Crippen molar-refractivity contribution in [3.05, 3.63) is 47.8 Å². The van der Waals surface area contributed by atoms with E-state index in [1.807, 2.05) is 4.68 Å². The number of nitrogens with zero attached hydrogens (tertiary/aromatic N) is 2. The second kappa shape index (κ2) is 5.17. The number of benzene rings is 1. The van der Waals surface area contributed by atoms with E-state index in [0.29, 0.717) is 5.92 Å². The van der Waals surface area contributed by atoms with Gasteiger partial charge in [0.25, 0.3) is 0 Å². The van der Waals surface area contributed by atoms with Crippen LogP contribution in [0.25, 0.3) is 5.69 Å². The highest BCUT2D eigenvalue weighted by Crippen LogP contribution is 2.39. The van der Waals surface area contributed by atoms with Crippen molar-refractivity contribution in [3.8, 4) is 5.69 Å². The molecule has 1 heterocycles. The zero-order valence-corrected chi connectivity index (χ0v) is 11.4. The minimum atomic E-state index is 0.245. The van der Waals surface area contributed by atoms with Crippen molar-refractivity contribution in [1.29, 1.82) is 0 Å². The molecule has 1 saturated carbocycles. The van der Waals surface area contributed by atoms with E-state index in [4.69, 9.17) is 5.73 Å². The van der Waals surface area contributed by atoms with Gasteiger partial charge in [0.05, 0.1) is 11.4 Å². The zero-order valence-electron chi connectivity index (χ0n) is 11.4. The molecule has 3 rings (SSSR count). The largest absolute Gasteiger partial charge is 0.327 e. The molecule has 0 bridgehead atoms. The average Bonchev–Trinajstić information content (AvgIpc) is 3.16. The van der Waals surface area contributed by atoms with E-state index in [0.717, 1.165) is 18.5 Å². The lowest BCUT2D eigenvalue weighted by Crippen LogP contribution is -2.21. The SMILES string of the molecule is CCC(N)Cc1cccc(-n2ccc(C3CC3)n2)c1. The van der Waals surface area contributed by atoms with Crippen LogP contribution in [0, 0.1) is 0 Å². The predicted molar refractivity (Wildman–Crippen MR) is 77.5 cm³/mol. The Hall–Kier alpha value is -1.61. The van der Waals surface area contributed by atoms with Crippen LogP contribution in [0.15, 0.2) is 36.5 Å². The maximum atomic E-state index is 6.02. The molecule has 0 spiro atoms. The molecule has 19 heavy (non-hydrogen) atoms. The molecule has 1 atom stereocenters. The Kier molecular flexibility index (Phi) is 3.38. The Morgan fingerprint density at radius 2 is 2.21 bits per heavy atom. The molecule has 3 heteroatoms. The van der Waals surface area contributed by atoms with Gasteiger partial charge in [-0.2, -0.15) is 5.10 Å². The normalized spacial score (nSPS) is 16.5. The molecule has 0 saturated heterocycles. The van der Waals surface area contributed by atoms with E-state index in [1.165, 1.54) is 24.1 Å². The second-order valence-electron chi connectivity index (χ2n) is 5.50. The minimum absolute atomic E-state index is 0.245. The lowest BCUT2D eigenvalue weighted by molar-refractivity contribution is 0.646. The van der Waals surface area contributed by atoms with Gasteiger partial charge in [-0.3, -0.25) is 0 Å². The lowest BCUT2D eigenvalue weighted by Gasteiger charge is -2.10. The van der Waals surface area contributed by atoms with Gasteiger partial charge in [-0.25, -0.2) is 4.68 Å². The van der Waals surface area contributed by atoms with Gasteiger partial charge in [0.2, 0.25) is 0 Å². The van der Waals surface area contributed by atoms with Crippen molar-refractivity contribution in [1.82, 2.24) is 9.78 Å². The van der Waals surface area contributed by atoms with Crippen LogP contribution in [0.4, 0.5) is 0 Å². The van der Waals surface area contributed by atoms with Crippen LogP contribution in [-0.4, -0.2) is 15.8 Å². The molecule has 3 nitrogen and oxygen atoms in total. The van der Waals surface area contributed by atoms with Crippen LogP contribution in [0.2, 0.25) is 0 Å². The Morgan fingerprint density at radius 1 is 1.37 bits per heavy atom. The topological polar surface area (TPSA) is 43.8 Å². The first-order valence-electron chi connectivity index (χ1n) is 7.16. The fourth-order valence-electron chi connectivity index (χ4n) is 2.35. The summed E-state index contributed by atoms with van der Waals surface area (Å²) in [4.78, 5) is 0. The summed E-state index contributed by atoms with van der Waals surface area (Å²) in [6.45, 7) is 2.13. The molecule has 2 N–H and O–H groups in total. The molecule has 0 aliphatic heterocycles. The summed E-state index contributed by atoms with van der Waals surface area (Å²) in [5.74, 6) is 0.706. The fourth-order valence-corrected chi connectivity index (χ4v) is 2.35. The highest BCUT2D eigenvalue weighted by molar-refractivity contribution is 5.36. The smallest absolute Gasteiger partial charge is 0.0659 e. The summed E-state index contributed by atoms with van der Waals surface area (Å²) in [6.07, 6.45) is 6.59. The van der Waals surface area contributed by atoms with Crippen molar-refractivity contribution >= 4 is 0 Å². The first kappa shape index (κ1) is 12.4. The number of hydrogen-bond donors (Lipinski definition) is 1. The third-order valence-electron chi connectivity index (χ3n) is 3.80. The van der Waals surface area contributed by atoms with Gasteiger partial charge in [-0.15, -0.1) is 0 Å². The monoisotopic (exact) mass is 255 g/mol. The number of rotatable bonds is 5. The minimum Gasteiger partial charge on any atom is -0.327 e. The molecule has 100 valence electrons. The van der Waals surface area contributed by atoms with Gasteiger partial charge < -0.3 is 5.73 Å². The molecule has 1 aliphatic rings. The molecule has 1 unspecified atom stereocenters. The van der Waals surface area contributed by atoms with Gasteiger partial charge in [0.15, 0.2) is 0 Å². The Balaban J connectivity index is 1.81. The summed E-state index contributed by atoms with van der Waals surface area (Å²) in [7, 11) is 0. The maximum Gasteiger partial charge on any atom is 0.0659 e. The summed E-state index contributed by atoms with van der Waals surface area (Å²) < 4.78 is 1.98. The summed E-state index contributed by atoms with van der Waals surface area (Å²) in [5.41, 5.74) is 9.67. The van der Waals surface area contributed by atoms with Crippen LogP contribution >= 0.6 is 0 Å². The van der Waals surface area contributed by atoms with E-state index in [1.54, 1.807) is 0 Å². The molecule has 0 amide bonds. The summed E-state index contributed by atoms with van der Waals surface area (Å²) in [6, 6.07) is 10.9. The Labute approximate surface area is 114 Å².